The van der Waals surface area contributed by atoms with Crippen molar-refractivity contribution in [2.24, 2.45) is 17.8 Å². The van der Waals surface area contributed by atoms with E-state index in [-0.39, 0.29) is 49.1 Å². The molecule has 3 amide bonds. The zero-order chi connectivity index (χ0) is 37.6. The number of benzene rings is 1. The number of carbonyl (C=O) groups excluding carboxylic acids is 3. The van der Waals surface area contributed by atoms with Crippen LogP contribution in [0.2, 0.25) is 0 Å². The fourth-order valence-corrected chi connectivity index (χ4v) is 7.75. The number of nitrogens with one attached hydrogen (secondary N) is 1. The molecule has 3 aromatic rings. The lowest BCUT2D eigenvalue weighted by Gasteiger charge is -2.41. The number of amides is 3. The Morgan fingerprint density at radius 1 is 1.00 bits per heavy atom. The topological polar surface area (TPSA) is 162 Å². The average Bonchev–Trinajstić information content (AvgIpc) is 3.55. The molecule has 5 atom stereocenters. The van der Waals surface area contributed by atoms with E-state index in [9.17, 15) is 19.8 Å². The summed E-state index contributed by atoms with van der Waals surface area (Å²) >= 11 is 1.26. The predicted molar refractivity (Wildman–Crippen MR) is 205 cm³/mol. The van der Waals surface area contributed by atoms with E-state index in [2.05, 4.69) is 15.3 Å². The smallest absolute Gasteiger partial charge is 0.241 e. The first-order chi connectivity index (χ1) is 24.9. The second-order valence-corrected chi connectivity index (χ2v) is 15.7. The Morgan fingerprint density at radius 2 is 1.71 bits per heavy atom. The molecule has 0 radical (unpaired) electrons. The molecule has 1 aliphatic carbocycles. The number of nitrogen functional groups attached to an aromatic ring is 1. The maximum atomic E-state index is 15.0. The van der Waals surface area contributed by atoms with Crippen LogP contribution in [0.15, 0.2) is 60.1 Å². The van der Waals surface area contributed by atoms with Crippen molar-refractivity contribution in [3.05, 3.63) is 77.1 Å². The van der Waals surface area contributed by atoms with Gasteiger partial charge in [-0.25, -0.2) is 4.98 Å². The van der Waals surface area contributed by atoms with Crippen LogP contribution in [0.4, 0.5) is 5.13 Å². The van der Waals surface area contributed by atoms with Crippen LogP contribution in [0, 0.1) is 17.8 Å². The summed E-state index contributed by atoms with van der Waals surface area (Å²) in [5.41, 5.74) is 8.33. The molecule has 12 heteroatoms. The molecule has 0 aliphatic heterocycles. The van der Waals surface area contributed by atoms with E-state index < -0.39 is 30.1 Å². The van der Waals surface area contributed by atoms with Crippen molar-refractivity contribution in [2.75, 3.05) is 25.9 Å². The second-order valence-electron chi connectivity index (χ2n) is 14.8. The van der Waals surface area contributed by atoms with E-state index in [4.69, 9.17) is 5.73 Å². The first kappa shape index (κ1) is 40.9. The molecule has 1 fully saturated rings. The summed E-state index contributed by atoms with van der Waals surface area (Å²) in [4.78, 5) is 54.5. The SMILES string of the molecule is CC(C)C[C@H](O)[C@H](O)[C@H](CC1CCCCC1)N(CC(=O)N(C)CCc1ccccn1)C(=O)[C@@H](CC(=O)N[C@@H](C)c1ccccc1)Cc1csc(N)n1. The normalized spacial score (nSPS) is 16.4. The number of thiazole rings is 1. The standard InChI is InChI=1S/C40H58N6O5S/c1-27(2)21-35(47)38(50)34(22-29-13-7-5-8-14-29)46(25-37(49)45(4)20-18-32-17-11-12-19-42-32)39(51)31(23-33-26-52-40(41)44-33)24-36(48)43-28(3)30-15-9-6-10-16-30/h6,9-12,15-17,19,26-29,31,34-35,38,47,50H,5,7-8,13-14,18,20-25H2,1-4H3,(H2,41,44)(H,43,48)/t28-,31+,34-,35-,38+/m0/s1. The van der Waals surface area contributed by atoms with E-state index in [0.29, 0.717) is 36.6 Å². The molecule has 11 nitrogen and oxygen atoms in total. The highest BCUT2D eigenvalue weighted by atomic mass is 32.1. The lowest BCUT2D eigenvalue weighted by molar-refractivity contribution is -0.151. The molecular weight excluding hydrogens is 677 g/mol. The fraction of sp³-hybridized carbons (Fsp3) is 0.575. The van der Waals surface area contributed by atoms with E-state index in [0.717, 1.165) is 43.4 Å². The Morgan fingerprint density at radius 3 is 2.35 bits per heavy atom. The summed E-state index contributed by atoms with van der Waals surface area (Å²) in [7, 11) is 1.70. The lowest BCUT2D eigenvalue weighted by Crippen LogP contribution is -2.56. The lowest BCUT2D eigenvalue weighted by atomic mass is 9.81. The van der Waals surface area contributed by atoms with Gasteiger partial charge in [0.05, 0.1) is 29.8 Å². The fourth-order valence-electron chi connectivity index (χ4n) is 7.17. The highest BCUT2D eigenvalue weighted by molar-refractivity contribution is 7.13. The van der Waals surface area contributed by atoms with Gasteiger partial charge in [-0.2, -0.15) is 0 Å². The Balaban J connectivity index is 1.67. The molecule has 4 rings (SSSR count). The summed E-state index contributed by atoms with van der Waals surface area (Å²) in [5, 5.41) is 28.4. The van der Waals surface area contributed by atoms with Gasteiger partial charge in [0.25, 0.3) is 0 Å². The molecule has 284 valence electrons. The second kappa shape index (κ2) is 20.4. The van der Waals surface area contributed by atoms with E-state index >= 15 is 4.79 Å². The van der Waals surface area contributed by atoms with Crippen molar-refractivity contribution in [2.45, 2.75) is 109 Å². The van der Waals surface area contributed by atoms with Crippen LogP contribution in [-0.4, -0.2) is 86.1 Å². The molecule has 1 aromatic carbocycles. The van der Waals surface area contributed by atoms with Crippen molar-refractivity contribution >= 4 is 34.2 Å². The minimum absolute atomic E-state index is 0.0988. The van der Waals surface area contributed by atoms with Gasteiger partial charge in [-0.3, -0.25) is 19.4 Å². The van der Waals surface area contributed by atoms with Crippen LogP contribution in [0.3, 0.4) is 0 Å². The maximum Gasteiger partial charge on any atom is 0.241 e. The number of aromatic nitrogens is 2. The van der Waals surface area contributed by atoms with Gasteiger partial charge in [-0.15, -0.1) is 11.3 Å². The molecule has 0 saturated heterocycles. The monoisotopic (exact) mass is 734 g/mol. The molecule has 2 heterocycles. The number of rotatable bonds is 19. The number of likely N-dealkylation sites (N-methyl/N-ethyl adjacent to an activating group) is 1. The summed E-state index contributed by atoms with van der Waals surface area (Å²) in [6.07, 6.45) is 5.75. The predicted octanol–water partition coefficient (Wildman–Crippen LogP) is 5.18. The Hall–Kier alpha value is -3.87. The summed E-state index contributed by atoms with van der Waals surface area (Å²) < 4.78 is 0. The third kappa shape index (κ3) is 12.7. The van der Waals surface area contributed by atoms with Crippen molar-refractivity contribution in [1.29, 1.82) is 0 Å². The van der Waals surface area contributed by atoms with Crippen LogP contribution in [0.25, 0.3) is 0 Å². The van der Waals surface area contributed by atoms with Gasteiger partial charge in [-0.05, 0) is 49.3 Å². The van der Waals surface area contributed by atoms with E-state index in [1.165, 1.54) is 16.2 Å². The highest BCUT2D eigenvalue weighted by Crippen LogP contribution is 2.32. The molecule has 52 heavy (non-hydrogen) atoms. The average molecular weight is 735 g/mol. The number of aliphatic hydroxyl groups is 2. The number of nitrogens with two attached hydrogens (primary N) is 1. The number of nitrogens with zero attached hydrogens (tertiary/aromatic N) is 4. The molecule has 1 saturated carbocycles. The summed E-state index contributed by atoms with van der Waals surface area (Å²) in [6, 6.07) is 14.1. The van der Waals surface area contributed by atoms with Crippen LogP contribution >= 0.6 is 11.3 Å². The van der Waals surface area contributed by atoms with Crippen molar-refractivity contribution in [1.82, 2.24) is 25.1 Å². The molecule has 2 aromatic heterocycles. The summed E-state index contributed by atoms with van der Waals surface area (Å²) in [6.45, 7) is 5.91. The van der Waals surface area contributed by atoms with E-state index in [1.807, 2.05) is 69.3 Å². The number of anilines is 1. The Bertz CT molecular complexity index is 1530. The van der Waals surface area contributed by atoms with Gasteiger partial charge in [0.2, 0.25) is 17.7 Å². The van der Waals surface area contributed by atoms with Gasteiger partial charge >= 0.3 is 0 Å². The van der Waals surface area contributed by atoms with Gasteiger partial charge in [0.1, 0.15) is 12.6 Å². The zero-order valence-electron chi connectivity index (χ0n) is 31.2. The Labute approximate surface area is 313 Å². The molecule has 5 N–H and O–H groups in total. The molecular formula is C40H58N6O5S. The molecule has 0 unspecified atom stereocenters. The van der Waals surface area contributed by atoms with E-state index in [1.54, 1.807) is 23.5 Å². The number of hydrogen-bond acceptors (Lipinski definition) is 9. The first-order valence-electron chi connectivity index (χ1n) is 18.8. The minimum atomic E-state index is -1.29. The van der Waals surface area contributed by atoms with Crippen LogP contribution in [0.5, 0.6) is 0 Å². The van der Waals surface area contributed by atoms with Crippen molar-refractivity contribution in [3.63, 3.8) is 0 Å². The number of carbonyl (C=O) groups is 3. The van der Waals surface area contributed by atoms with Gasteiger partial charge in [0, 0.05) is 50.1 Å². The molecule has 0 bridgehead atoms. The molecule has 0 spiro atoms. The number of hydrogen-bond donors (Lipinski definition) is 4. The maximum absolute atomic E-state index is 15.0. The van der Waals surface area contributed by atoms with Gasteiger partial charge < -0.3 is 31.1 Å². The third-order valence-electron chi connectivity index (χ3n) is 10.1. The van der Waals surface area contributed by atoms with Crippen LogP contribution < -0.4 is 11.1 Å². The third-order valence-corrected chi connectivity index (χ3v) is 10.9. The minimum Gasteiger partial charge on any atom is -0.390 e. The van der Waals surface area contributed by atoms with Crippen LogP contribution in [-0.2, 0) is 27.2 Å². The van der Waals surface area contributed by atoms with Gasteiger partial charge in [-0.1, -0.05) is 82.3 Å². The Kier molecular flexibility index (Phi) is 16.0. The van der Waals surface area contributed by atoms with Crippen molar-refractivity contribution in [3.8, 4) is 0 Å². The largest absolute Gasteiger partial charge is 0.390 e. The first-order valence-corrected chi connectivity index (χ1v) is 19.6. The number of aliphatic hydroxyl groups excluding tert-OH is 2. The zero-order valence-corrected chi connectivity index (χ0v) is 32.0. The number of pyridine rings is 1. The molecule has 1 aliphatic rings. The van der Waals surface area contributed by atoms with Crippen molar-refractivity contribution < 1.29 is 24.6 Å². The quantitative estimate of drug-likeness (QED) is 0.131. The summed E-state index contributed by atoms with van der Waals surface area (Å²) in [5.74, 6) is -1.64. The van der Waals surface area contributed by atoms with Gasteiger partial charge in [0.15, 0.2) is 5.13 Å². The highest BCUT2D eigenvalue weighted by Gasteiger charge is 2.40. The van der Waals surface area contributed by atoms with Crippen LogP contribution in [0.1, 0.15) is 95.1 Å².